The molecule has 10 heteroatoms. The molecule has 3 aliphatic rings. The first kappa shape index (κ1) is 22.9. The van der Waals surface area contributed by atoms with Crippen LogP contribution in [0.2, 0.25) is 0 Å². The first-order valence-electron chi connectivity index (χ1n) is 11.2. The molecule has 0 aromatic heterocycles. The Morgan fingerprint density at radius 2 is 1.77 bits per heavy atom. The molecule has 1 atom stereocenters. The van der Waals surface area contributed by atoms with Crippen LogP contribution in [0.1, 0.15) is 23.1 Å². The summed E-state index contributed by atoms with van der Waals surface area (Å²) in [4.78, 5) is 65.4. The molecule has 0 radical (unpaired) electrons. The number of nitrogens with one attached hydrogen (secondary N) is 2. The standard InChI is InChI=1S/C25H22N4O5S/c30-20(15-29-22(32)25(27-23(29)33)11-10-17-8-4-5-9-18(17)25)26-12-13-28-21(31)19(35-24(28)34)14-16-6-2-1-3-7-16/h1-9,14H,10-13,15H2,(H,26,30)(H,27,33)/b19-14-. The molecule has 5 rings (SSSR count). The Morgan fingerprint density at radius 3 is 2.57 bits per heavy atom. The number of carbonyl (C=O) groups is 5. The van der Waals surface area contributed by atoms with Gasteiger partial charge in [0.1, 0.15) is 12.1 Å². The number of aryl methyl sites for hydroxylation is 1. The number of benzene rings is 2. The van der Waals surface area contributed by atoms with Crippen LogP contribution in [0.25, 0.3) is 6.08 Å². The van der Waals surface area contributed by atoms with Crippen LogP contribution in [0.5, 0.6) is 0 Å². The lowest BCUT2D eigenvalue weighted by Gasteiger charge is -2.22. The summed E-state index contributed by atoms with van der Waals surface area (Å²) in [6, 6.07) is 16.0. The second-order valence-corrected chi connectivity index (χ2v) is 9.47. The predicted octanol–water partition coefficient (Wildman–Crippen LogP) is 2.23. The molecule has 178 valence electrons. The number of hydrogen-bond acceptors (Lipinski definition) is 6. The van der Waals surface area contributed by atoms with Crippen molar-refractivity contribution in [2.75, 3.05) is 19.6 Å². The van der Waals surface area contributed by atoms with E-state index in [1.54, 1.807) is 6.08 Å². The first-order valence-corrected chi connectivity index (χ1v) is 12.0. The van der Waals surface area contributed by atoms with E-state index in [0.717, 1.165) is 38.3 Å². The molecule has 9 nitrogen and oxygen atoms in total. The normalized spacial score (nSPS) is 22.3. The second kappa shape index (κ2) is 9.03. The van der Waals surface area contributed by atoms with E-state index in [4.69, 9.17) is 0 Å². The highest BCUT2D eigenvalue weighted by Gasteiger charge is 2.55. The van der Waals surface area contributed by atoms with Crippen molar-refractivity contribution in [1.82, 2.24) is 20.4 Å². The predicted molar refractivity (Wildman–Crippen MR) is 129 cm³/mol. The molecule has 0 bridgehead atoms. The number of rotatable bonds is 6. The molecule has 1 unspecified atom stereocenters. The number of hydrogen-bond donors (Lipinski definition) is 2. The highest BCUT2D eigenvalue weighted by Crippen LogP contribution is 2.41. The quantitative estimate of drug-likeness (QED) is 0.474. The van der Waals surface area contributed by atoms with Crippen molar-refractivity contribution in [2.24, 2.45) is 0 Å². The van der Waals surface area contributed by atoms with E-state index in [0.29, 0.717) is 17.7 Å². The summed E-state index contributed by atoms with van der Waals surface area (Å²) in [6.07, 6.45) is 2.77. The van der Waals surface area contributed by atoms with Crippen molar-refractivity contribution < 1.29 is 24.0 Å². The van der Waals surface area contributed by atoms with Crippen molar-refractivity contribution >= 4 is 46.8 Å². The van der Waals surface area contributed by atoms with Crippen molar-refractivity contribution in [1.29, 1.82) is 0 Å². The molecule has 2 aromatic rings. The Bertz CT molecular complexity index is 1280. The summed E-state index contributed by atoms with van der Waals surface area (Å²) < 4.78 is 0. The van der Waals surface area contributed by atoms with Gasteiger partial charge in [-0.2, -0.15) is 0 Å². The van der Waals surface area contributed by atoms with E-state index in [1.165, 1.54) is 0 Å². The average Bonchev–Trinajstić information content (AvgIpc) is 3.43. The molecule has 6 amide bonds. The SMILES string of the molecule is O=C(CN1C(=O)NC2(CCc3ccccc32)C1=O)NCCN1C(=O)S/C(=C\c2ccccc2)C1=O. The topological polar surface area (TPSA) is 116 Å². The number of urea groups is 1. The van der Waals surface area contributed by atoms with E-state index in [-0.39, 0.29) is 13.1 Å². The van der Waals surface area contributed by atoms with Gasteiger partial charge in [-0.3, -0.25) is 29.0 Å². The van der Waals surface area contributed by atoms with Crippen molar-refractivity contribution in [2.45, 2.75) is 18.4 Å². The molecule has 2 fully saturated rings. The molecule has 1 spiro atoms. The minimum absolute atomic E-state index is 0.00706. The summed E-state index contributed by atoms with van der Waals surface area (Å²) in [7, 11) is 0. The van der Waals surface area contributed by atoms with Gasteiger partial charge in [-0.25, -0.2) is 4.79 Å². The zero-order chi connectivity index (χ0) is 24.6. The summed E-state index contributed by atoms with van der Waals surface area (Å²) in [5.74, 6) is -1.42. The molecule has 2 aromatic carbocycles. The van der Waals surface area contributed by atoms with E-state index in [1.807, 2.05) is 54.6 Å². The van der Waals surface area contributed by atoms with Gasteiger partial charge in [-0.05, 0) is 47.4 Å². The van der Waals surface area contributed by atoms with Gasteiger partial charge in [0.05, 0.1) is 4.91 Å². The highest BCUT2D eigenvalue weighted by molar-refractivity contribution is 8.18. The Hall–Kier alpha value is -3.92. The summed E-state index contributed by atoms with van der Waals surface area (Å²) in [5.41, 5.74) is 1.46. The Labute approximate surface area is 205 Å². The molecule has 1 aliphatic carbocycles. The van der Waals surface area contributed by atoms with Crippen LogP contribution in [-0.4, -0.2) is 58.4 Å². The molecule has 2 saturated heterocycles. The zero-order valence-electron chi connectivity index (χ0n) is 18.7. The van der Waals surface area contributed by atoms with Gasteiger partial charge in [-0.1, -0.05) is 54.6 Å². The maximum atomic E-state index is 13.1. The largest absolute Gasteiger partial charge is 0.353 e. The lowest BCUT2D eigenvalue weighted by Crippen LogP contribution is -2.45. The van der Waals surface area contributed by atoms with Crippen LogP contribution in [0.4, 0.5) is 9.59 Å². The minimum atomic E-state index is -1.12. The zero-order valence-corrected chi connectivity index (χ0v) is 19.5. The van der Waals surface area contributed by atoms with Crippen LogP contribution in [0.3, 0.4) is 0 Å². The van der Waals surface area contributed by atoms with E-state index < -0.39 is 41.1 Å². The van der Waals surface area contributed by atoms with Crippen LogP contribution in [-0.2, 0) is 26.3 Å². The molecule has 2 heterocycles. The van der Waals surface area contributed by atoms with Gasteiger partial charge in [0, 0.05) is 13.1 Å². The number of thioether (sulfide) groups is 1. The molecular formula is C25H22N4O5S. The van der Waals surface area contributed by atoms with Gasteiger partial charge in [0.2, 0.25) is 5.91 Å². The fourth-order valence-corrected chi connectivity index (χ4v) is 5.50. The highest BCUT2D eigenvalue weighted by atomic mass is 32.2. The van der Waals surface area contributed by atoms with Crippen molar-refractivity contribution in [3.8, 4) is 0 Å². The van der Waals surface area contributed by atoms with Gasteiger partial charge < -0.3 is 10.6 Å². The number of amides is 6. The smallest absolute Gasteiger partial charge is 0.325 e. The van der Waals surface area contributed by atoms with Gasteiger partial charge in [-0.15, -0.1) is 0 Å². The maximum absolute atomic E-state index is 13.1. The summed E-state index contributed by atoms with van der Waals surface area (Å²) >= 11 is 0.847. The first-order chi connectivity index (χ1) is 16.9. The number of fused-ring (bicyclic) bond motifs is 2. The number of nitrogens with zero attached hydrogens (tertiary/aromatic N) is 2. The van der Waals surface area contributed by atoms with Gasteiger partial charge in [0.25, 0.3) is 17.1 Å². The fourth-order valence-electron chi connectivity index (χ4n) is 4.63. The van der Waals surface area contributed by atoms with E-state index >= 15 is 0 Å². The third kappa shape index (κ3) is 4.10. The van der Waals surface area contributed by atoms with E-state index in [9.17, 15) is 24.0 Å². The second-order valence-electron chi connectivity index (χ2n) is 8.48. The van der Waals surface area contributed by atoms with Gasteiger partial charge in [0.15, 0.2) is 0 Å². The van der Waals surface area contributed by atoms with Crippen molar-refractivity contribution in [3.05, 3.63) is 76.2 Å². The molecule has 2 N–H and O–H groups in total. The molecular weight excluding hydrogens is 468 g/mol. The monoisotopic (exact) mass is 490 g/mol. The lowest BCUT2D eigenvalue weighted by atomic mass is 9.92. The van der Waals surface area contributed by atoms with E-state index in [2.05, 4.69) is 10.6 Å². The third-order valence-electron chi connectivity index (χ3n) is 6.35. The fraction of sp³-hybridized carbons (Fsp3) is 0.240. The lowest BCUT2D eigenvalue weighted by molar-refractivity contribution is -0.135. The Morgan fingerprint density at radius 1 is 1.03 bits per heavy atom. The van der Waals surface area contributed by atoms with Crippen molar-refractivity contribution in [3.63, 3.8) is 0 Å². The molecule has 35 heavy (non-hydrogen) atoms. The van der Waals surface area contributed by atoms with Crippen LogP contribution in [0.15, 0.2) is 59.5 Å². The Kier molecular flexibility index (Phi) is 5.89. The Balaban J connectivity index is 1.17. The summed E-state index contributed by atoms with van der Waals surface area (Å²) in [5, 5.41) is 4.96. The van der Waals surface area contributed by atoms with Crippen LogP contribution >= 0.6 is 11.8 Å². The average molecular weight is 491 g/mol. The van der Waals surface area contributed by atoms with Crippen LogP contribution in [0, 0.1) is 0 Å². The van der Waals surface area contributed by atoms with Crippen LogP contribution < -0.4 is 10.6 Å². The summed E-state index contributed by atoms with van der Waals surface area (Å²) in [6.45, 7) is -0.447. The van der Waals surface area contributed by atoms with Gasteiger partial charge >= 0.3 is 6.03 Å². The third-order valence-corrected chi connectivity index (χ3v) is 7.26. The number of carbonyl (C=O) groups excluding carboxylic acids is 5. The minimum Gasteiger partial charge on any atom is -0.353 e. The maximum Gasteiger partial charge on any atom is 0.325 e. The molecule has 2 aliphatic heterocycles. The molecule has 0 saturated carbocycles. The number of imide groups is 2.